The van der Waals surface area contributed by atoms with Gasteiger partial charge in [0.1, 0.15) is 0 Å². The summed E-state index contributed by atoms with van der Waals surface area (Å²) in [5, 5.41) is 0. The summed E-state index contributed by atoms with van der Waals surface area (Å²) in [6.45, 7) is 5.02. The van der Waals surface area contributed by atoms with E-state index < -0.39 is 0 Å². The molecule has 3 heteroatoms. The van der Waals surface area contributed by atoms with Crippen LogP contribution in [0.1, 0.15) is 18.1 Å². The first-order valence-electron chi connectivity index (χ1n) is 5.26. The van der Waals surface area contributed by atoms with Gasteiger partial charge in [-0.2, -0.15) is 0 Å². The number of anilines is 1. The van der Waals surface area contributed by atoms with Crippen LogP contribution >= 0.6 is 0 Å². The summed E-state index contributed by atoms with van der Waals surface area (Å²) >= 11 is 0. The summed E-state index contributed by atoms with van der Waals surface area (Å²) in [6, 6.07) is 6.20. The number of carbonyl (C=O) groups excluding carboxylic acids is 1. The monoisotopic (exact) mass is 205 g/mol. The maximum absolute atomic E-state index is 11.6. The van der Waals surface area contributed by atoms with Gasteiger partial charge >= 0.3 is 6.09 Å². The van der Waals surface area contributed by atoms with Crippen molar-refractivity contribution in [2.45, 2.75) is 20.3 Å². The Morgan fingerprint density at radius 1 is 1.53 bits per heavy atom. The van der Waals surface area contributed by atoms with E-state index in [1.165, 1.54) is 11.1 Å². The highest BCUT2D eigenvalue weighted by atomic mass is 16.6. The quantitative estimate of drug-likeness (QED) is 0.705. The Morgan fingerprint density at radius 2 is 2.33 bits per heavy atom. The SMILES string of the molecule is CCOC(=O)N1CCc2ccc(C)cc21. The van der Waals surface area contributed by atoms with Crippen molar-refractivity contribution in [3.05, 3.63) is 29.3 Å². The first-order chi connectivity index (χ1) is 7.22. The zero-order chi connectivity index (χ0) is 10.8. The molecule has 0 atom stereocenters. The van der Waals surface area contributed by atoms with Gasteiger partial charge in [-0.1, -0.05) is 12.1 Å². The maximum atomic E-state index is 11.6. The van der Waals surface area contributed by atoms with Crippen LogP contribution in [0.5, 0.6) is 0 Å². The molecule has 15 heavy (non-hydrogen) atoms. The van der Waals surface area contributed by atoms with Gasteiger partial charge < -0.3 is 4.74 Å². The molecule has 0 fully saturated rings. The van der Waals surface area contributed by atoms with Crippen molar-refractivity contribution in [1.82, 2.24) is 0 Å². The predicted octanol–water partition coefficient (Wildman–Crippen LogP) is 2.51. The van der Waals surface area contributed by atoms with Crippen LogP contribution in [-0.2, 0) is 11.2 Å². The van der Waals surface area contributed by atoms with E-state index in [2.05, 4.69) is 12.1 Å². The summed E-state index contributed by atoms with van der Waals surface area (Å²) in [6.07, 6.45) is 0.691. The Balaban J connectivity index is 2.27. The minimum absolute atomic E-state index is 0.234. The van der Waals surface area contributed by atoms with Gasteiger partial charge in [-0.25, -0.2) is 4.79 Å². The summed E-state index contributed by atoms with van der Waals surface area (Å²) in [7, 11) is 0. The normalized spacial score (nSPS) is 13.9. The average molecular weight is 205 g/mol. The van der Waals surface area contributed by atoms with E-state index in [9.17, 15) is 4.79 Å². The molecule has 1 aliphatic rings. The molecule has 0 aliphatic carbocycles. The van der Waals surface area contributed by atoms with E-state index in [-0.39, 0.29) is 6.09 Å². The lowest BCUT2D eigenvalue weighted by Gasteiger charge is -2.16. The van der Waals surface area contributed by atoms with Crippen LogP contribution < -0.4 is 4.90 Å². The largest absolute Gasteiger partial charge is 0.449 e. The summed E-state index contributed by atoms with van der Waals surface area (Å²) < 4.78 is 5.01. The second-order valence-electron chi connectivity index (χ2n) is 3.73. The molecule has 80 valence electrons. The van der Waals surface area contributed by atoms with E-state index in [4.69, 9.17) is 4.74 Å². The van der Waals surface area contributed by atoms with Crippen LogP contribution in [0, 0.1) is 6.92 Å². The highest BCUT2D eigenvalue weighted by molar-refractivity contribution is 5.90. The first kappa shape index (κ1) is 10.0. The minimum Gasteiger partial charge on any atom is -0.449 e. The van der Waals surface area contributed by atoms with Gasteiger partial charge in [0.05, 0.1) is 12.3 Å². The third-order valence-corrected chi connectivity index (χ3v) is 2.62. The van der Waals surface area contributed by atoms with Gasteiger partial charge in [0.25, 0.3) is 0 Å². The molecule has 2 rings (SSSR count). The first-order valence-corrected chi connectivity index (χ1v) is 5.26. The third kappa shape index (κ3) is 1.82. The topological polar surface area (TPSA) is 29.5 Å². The van der Waals surface area contributed by atoms with Gasteiger partial charge in [0.2, 0.25) is 0 Å². The van der Waals surface area contributed by atoms with Crippen molar-refractivity contribution in [2.75, 3.05) is 18.1 Å². The second-order valence-corrected chi connectivity index (χ2v) is 3.73. The van der Waals surface area contributed by atoms with Crippen LogP contribution in [0.4, 0.5) is 10.5 Å². The van der Waals surface area contributed by atoms with Gasteiger partial charge in [-0.3, -0.25) is 4.90 Å². The summed E-state index contributed by atoms with van der Waals surface area (Å²) in [4.78, 5) is 13.3. The van der Waals surface area contributed by atoms with Crippen LogP contribution in [0.2, 0.25) is 0 Å². The number of hydrogen-bond donors (Lipinski definition) is 0. The standard InChI is InChI=1S/C12H15NO2/c1-3-15-12(14)13-7-6-10-5-4-9(2)8-11(10)13/h4-5,8H,3,6-7H2,1-2H3. The Morgan fingerprint density at radius 3 is 3.07 bits per heavy atom. The van der Waals surface area contributed by atoms with Gasteiger partial charge in [0, 0.05) is 6.54 Å². The molecule has 0 unspecified atom stereocenters. The number of rotatable bonds is 1. The van der Waals surface area contributed by atoms with Crippen LogP contribution in [0.3, 0.4) is 0 Å². The number of hydrogen-bond acceptors (Lipinski definition) is 2. The lowest BCUT2D eigenvalue weighted by Crippen LogP contribution is -2.29. The fourth-order valence-corrected chi connectivity index (χ4v) is 1.88. The van der Waals surface area contributed by atoms with E-state index in [1.807, 2.05) is 19.9 Å². The van der Waals surface area contributed by atoms with Crippen LogP contribution in [0.25, 0.3) is 0 Å². The molecule has 1 amide bonds. The van der Waals surface area contributed by atoms with Gasteiger partial charge in [-0.05, 0) is 37.5 Å². The fraction of sp³-hybridized carbons (Fsp3) is 0.417. The van der Waals surface area contributed by atoms with Crippen molar-refractivity contribution in [2.24, 2.45) is 0 Å². The molecule has 0 radical (unpaired) electrons. The number of carbonyl (C=O) groups is 1. The molecule has 0 N–H and O–H groups in total. The molecular weight excluding hydrogens is 190 g/mol. The number of fused-ring (bicyclic) bond motifs is 1. The van der Waals surface area contributed by atoms with E-state index in [0.29, 0.717) is 6.61 Å². The lowest BCUT2D eigenvalue weighted by atomic mass is 10.1. The molecule has 0 aromatic heterocycles. The van der Waals surface area contributed by atoms with Crippen molar-refractivity contribution in [1.29, 1.82) is 0 Å². The predicted molar refractivity (Wildman–Crippen MR) is 59.3 cm³/mol. The number of benzene rings is 1. The van der Waals surface area contributed by atoms with E-state index in [1.54, 1.807) is 4.90 Å². The van der Waals surface area contributed by atoms with Crippen molar-refractivity contribution >= 4 is 11.8 Å². The molecule has 0 saturated heterocycles. The number of ether oxygens (including phenoxy) is 1. The lowest BCUT2D eigenvalue weighted by molar-refractivity contribution is 0.160. The molecule has 3 nitrogen and oxygen atoms in total. The Labute approximate surface area is 89.7 Å². The Bertz CT molecular complexity index is 387. The third-order valence-electron chi connectivity index (χ3n) is 2.62. The molecular formula is C12H15NO2. The highest BCUT2D eigenvalue weighted by Crippen LogP contribution is 2.29. The molecule has 1 heterocycles. The Kier molecular flexibility index (Phi) is 2.62. The zero-order valence-electron chi connectivity index (χ0n) is 9.12. The molecule has 0 bridgehead atoms. The molecule has 1 aromatic rings. The van der Waals surface area contributed by atoms with Crippen LogP contribution in [0.15, 0.2) is 18.2 Å². The van der Waals surface area contributed by atoms with Crippen molar-refractivity contribution < 1.29 is 9.53 Å². The van der Waals surface area contributed by atoms with Crippen molar-refractivity contribution in [3.8, 4) is 0 Å². The van der Waals surface area contributed by atoms with Gasteiger partial charge in [-0.15, -0.1) is 0 Å². The second kappa shape index (κ2) is 3.93. The van der Waals surface area contributed by atoms with E-state index >= 15 is 0 Å². The molecule has 0 spiro atoms. The van der Waals surface area contributed by atoms with E-state index in [0.717, 1.165) is 18.7 Å². The van der Waals surface area contributed by atoms with Gasteiger partial charge in [0.15, 0.2) is 0 Å². The molecule has 1 aromatic carbocycles. The summed E-state index contributed by atoms with van der Waals surface area (Å²) in [5.74, 6) is 0. The number of amides is 1. The zero-order valence-corrected chi connectivity index (χ0v) is 9.12. The summed E-state index contributed by atoms with van der Waals surface area (Å²) in [5.41, 5.74) is 3.41. The fourth-order valence-electron chi connectivity index (χ4n) is 1.88. The average Bonchev–Trinajstić information content (AvgIpc) is 2.60. The minimum atomic E-state index is -0.234. The Hall–Kier alpha value is -1.51. The molecule has 0 saturated carbocycles. The number of nitrogens with zero attached hydrogens (tertiary/aromatic N) is 1. The highest BCUT2D eigenvalue weighted by Gasteiger charge is 2.25. The number of aryl methyl sites for hydroxylation is 1. The smallest absolute Gasteiger partial charge is 0.414 e. The van der Waals surface area contributed by atoms with Crippen molar-refractivity contribution in [3.63, 3.8) is 0 Å². The van der Waals surface area contributed by atoms with Crippen LogP contribution in [-0.4, -0.2) is 19.2 Å². The molecule has 1 aliphatic heterocycles. The maximum Gasteiger partial charge on any atom is 0.414 e.